The highest BCUT2D eigenvalue weighted by molar-refractivity contribution is 9.10. The van der Waals surface area contributed by atoms with Crippen molar-refractivity contribution in [2.75, 3.05) is 6.61 Å². The highest BCUT2D eigenvalue weighted by atomic mass is 79.9. The summed E-state index contributed by atoms with van der Waals surface area (Å²) in [7, 11) is 0. The number of benzene rings is 2. The van der Waals surface area contributed by atoms with E-state index in [0.29, 0.717) is 24.5 Å². The first-order chi connectivity index (χ1) is 12.2. The lowest BCUT2D eigenvalue weighted by Gasteiger charge is -2.22. The summed E-state index contributed by atoms with van der Waals surface area (Å²) in [5.41, 5.74) is 3.89. The van der Waals surface area contributed by atoms with Gasteiger partial charge in [0.25, 0.3) is 5.91 Å². The summed E-state index contributed by atoms with van der Waals surface area (Å²) >= 11 is 3.49. The molecular formula is C19H20BrNO4. The summed E-state index contributed by atoms with van der Waals surface area (Å²) in [6.07, 6.45) is 2.46. The lowest BCUT2D eigenvalue weighted by molar-refractivity contribution is -0.186. The largest absolute Gasteiger partial charge is 0.488 e. The van der Waals surface area contributed by atoms with Crippen molar-refractivity contribution < 1.29 is 19.1 Å². The summed E-state index contributed by atoms with van der Waals surface area (Å²) < 4.78 is 12.2. The van der Waals surface area contributed by atoms with Crippen molar-refractivity contribution in [3.05, 3.63) is 64.1 Å². The monoisotopic (exact) mass is 405 g/mol. The van der Waals surface area contributed by atoms with Gasteiger partial charge in [-0.1, -0.05) is 46.3 Å². The molecule has 3 rings (SSSR count). The van der Waals surface area contributed by atoms with Crippen LogP contribution in [0.4, 0.5) is 0 Å². The molecule has 25 heavy (non-hydrogen) atoms. The van der Waals surface area contributed by atoms with Crippen LogP contribution in [0.3, 0.4) is 0 Å². The van der Waals surface area contributed by atoms with Gasteiger partial charge in [-0.25, -0.2) is 10.3 Å². The molecule has 2 aromatic rings. The van der Waals surface area contributed by atoms with Crippen LogP contribution in [0.5, 0.6) is 5.75 Å². The quantitative estimate of drug-likeness (QED) is 0.731. The van der Waals surface area contributed by atoms with Gasteiger partial charge in [-0.15, -0.1) is 0 Å². The van der Waals surface area contributed by atoms with E-state index in [4.69, 9.17) is 14.3 Å². The summed E-state index contributed by atoms with van der Waals surface area (Å²) in [5.74, 6) is 0.154. The number of hydroxylamine groups is 1. The Balaban J connectivity index is 1.61. The fourth-order valence-electron chi connectivity index (χ4n) is 2.53. The van der Waals surface area contributed by atoms with E-state index in [9.17, 15) is 4.79 Å². The Kier molecular flexibility index (Phi) is 6.44. The minimum atomic E-state index is -0.383. The molecule has 1 unspecified atom stereocenters. The van der Waals surface area contributed by atoms with Gasteiger partial charge in [0, 0.05) is 23.1 Å². The molecule has 132 valence electrons. The molecule has 2 aromatic carbocycles. The van der Waals surface area contributed by atoms with E-state index in [1.54, 1.807) is 18.2 Å². The number of ether oxygens (including phenoxy) is 2. The normalized spacial score (nSPS) is 17.1. The van der Waals surface area contributed by atoms with Crippen molar-refractivity contribution in [3.63, 3.8) is 0 Å². The number of amides is 1. The predicted molar refractivity (Wildman–Crippen MR) is 97.1 cm³/mol. The molecule has 1 aliphatic rings. The Morgan fingerprint density at radius 3 is 2.76 bits per heavy atom. The van der Waals surface area contributed by atoms with Crippen molar-refractivity contribution in [3.8, 4) is 5.75 Å². The van der Waals surface area contributed by atoms with Gasteiger partial charge in [-0.2, -0.15) is 0 Å². The van der Waals surface area contributed by atoms with Crippen LogP contribution in [0.25, 0.3) is 0 Å². The molecule has 5 nitrogen and oxygen atoms in total. The first-order valence-electron chi connectivity index (χ1n) is 8.27. The molecule has 0 saturated carbocycles. The summed E-state index contributed by atoms with van der Waals surface area (Å²) in [4.78, 5) is 17.8. The van der Waals surface area contributed by atoms with Gasteiger partial charge in [-0.05, 0) is 31.0 Å². The zero-order valence-corrected chi connectivity index (χ0v) is 15.3. The fourth-order valence-corrected chi connectivity index (χ4v) is 2.93. The van der Waals surface area contributed by atoms with Crippen LogP contribution in [0, 0.1) is 0 Å². The van der Waals surface area contributed by atoms with Crippen LogP contribution in [0.2, 0.25) is 0 Å². The molecule has 0 bridgehead atoms. The van der Waals surface area contributed by atoms with Gasteiger partial charge in [0.1, 0.15) is 12.4 Å². The molecule has 0 aliphatic carbocycles. The van der Waals surface area contributed by atoms with Gasteiger partial charge in [-0.3, -0.25) is 4.79 Å². The number of carbonyl (C=O) groups excluding carboxylic acids is 1. The van der Waals surface area contributed by atoms with Crippen molar-refractivity contribution >= 4 is 21.8 Å². The Labute approximate surface area is 155 Å². The van der Waals surface area contributed by atoms with E-state index in [1.807, 2.05) is 30.3 Å². The van der Waals surface area contributed by atoms with Gasteiger partial charge in [0.05, 0.1) is 5.56 Å². The molecule has 1 atom stereocenters. The van der Waals surface area contributed by atoms with E-state index < -0.39 is 0 Å². The molecule has 1 fully saturated rings. The maximum absolute atomic E-state index is 12.4. The lowest BCUT2D eigenvalue weighted by Crippen LogP contribution is -2.33. The van der Waals surface area contributed by atoms with E-state index in [0.717, 1.165) is 29.3 Å². The zero-order chi connectivity index (χ0) is 17.5. The molecule has 0 spiro atoms. The van der Waals surface area contributed by atoms with Crippen LogP contribution >= 0.6 is 15.9 Å². The second kappa shape index (κ2) is 8.99. The fraction of sp³-hybridized carbons (Fsp3) is 0.316. The Bertz CT molecular complexity index is 716. The minimum Gasteiger partial charge on any atom is -0.488 e. The molecule has 1 heterocycles. The van der Waals surface area contributed by atoms with Crippen molar-refractivity contribution in [2.24, 2.45) is 0 Å². The maximum Gasteiger partial charge on any atom is 0.278 e. The summed E-state index contributed by atoms with van der Waals surface area (Å²) in [5, 5.41) is 0. The second-order valence-electron chi connectivity index (χ2n) is 5.72. The number of hydrogen-bond acceptors (Lipinski definition) is 4. The van der Waals surface area contributed by atoms with Crippen molar-refractivity contribution in [2.45, 2.75) is 32.2 Å². The molecule has 0 radical (unpaired) electrons. The summed E-state index contributed by atoms with van der Waals surface area (Å²) in [6, 6.07) is 14.9. The first-order valence-corrected chi connectivity index (χ1v) is 9.06. The molecule has 6 heteroatoms. The third kappa shape index (κ3) is 5.04. The average Bonchev–Trinajstić information content (AvgIpc) is 2.66. The topological polar surface area (TPSA) is 56.8 Å². The second-order valence-corrected chi connectivity index (χ2v) is 6.58. The average molecular weight is 406 g/mol. The van der Waals surface area contributed by atoms with Gasteiger partial charge in [0.15, 0.2) is 6.29 Å². The summed E-state index contributed by atoms with van der Waals surface area (Å²) in [6.45, 7) is 1.02. The third-order valence-electron chi connectivity index (χ3n) is 3.89. The number of carbonyl (C=O) groups is 1. The molecule has 0 aromatic heterocycles. The van der Waals surface area contributed by atoms with Crippen molar-refractivity contribution in [1.29, 1.82) is 0 Å². The maximum atomic E-state index is 12.4. The van der Waals surface area contributed by atoms with E-state index >= 15 is 0 Å². The highest BCUT2D eigenvalue weighted by Crippen LogP contribution is 2.22. The molecular weight excluding hydrogens is 386 g/mol. The molecule has 1 saturated heterocycles. The van der Waals surface area contributed by atoms with E-state index in [2.05, 4.69) is 21.4 Å². The Morgan fingerprint density at radius 2 is 1.96 bits per heavy atom. The molecule has 1 aliphatic heterocycles. The van der Waals surface area contributed by atoms with Crippen LogP contribution in [-0.2, 0) is 16.2 Å². The van der Waals surface area contributed by atoms with E-state index in [1.165, 1.54) is 0 Å². The number of rotatable bonds is 6. The Hall–Kier alpha value is -1.89. The van der Waals surface area contributed by atoms with Crippen LogP contribution in [0.15, 0.2) is 53.0 Å². The third-order valence-corrected chi connectivity index (χ3v) is 4.67. The van der Waals surface area contributed by atoms with Gasteiger partial charge in [0.2, 0.25) is 0 Å². The van der Waals surface area contributed by atoms with Gasteiger partial charge < -0.3 is 9.47 Å². The smallest absolute Gasteiger partial charge is 0.278 e. The van der Waals surface area contributed by atoms with Crippen LogP contribution in [0.1, 0.15) is 35.2 Å². The standard InChI is InChI=1S/C19H20BrNO4/c20-16-9-3-1-7-14(16)13-24-17-10-4-2-8-15(17)19(22)21-25-18-11-5-6-12-23-18/h1-4,7-10,18H,5-6,11-13H2,(H,21,22). The van der Waals surface area contributed by atoms with Crippen LogP contribution < -0.4 is 10.2 Å². The zero-order valence-electron chi connectivity index (χ0n) is 13.7. The van der Waals surface area contributed by atoms with Crippen molar-refractivity contribution in [1.82, 2.24) is 5.48 Å². The van der Waals surface area contributed by atoms with E-state index in [-0.39, 0.29) is 12.2 Å². The minimum absolute atomic E-state index is 0.350. The number of halogens is 1. The van der Waals surface area contributed by atoms with Crippen LogP contribution in [-0.4, -0.2) is 18.8 Å². The lowest BCUT2D eigenvalue weighted by atomic mass is 10.2. The molecule has 1 N–H and O–H groups in total. The number of para-hydroxylation sites is 1. The highest BCUT2D eigenvalue weighted by Gasteiger charge is 2.18. The number of hydrogen-bond donors (Lipinski definition) is 1. The molecule has 1 amide bonds. The SMILES string of the molecule is O=C(NOC1CCCCO1)c1ccccc1OCc1ccccc1Br. The first kappa shape index (κ1) is 17.9. The number of nitrogens with one attached hydrogen (secondary N) is 1. The van der Waals surface area contributed by atoms with Gasteiger partial charge >= 0.3 is 0 Å². The predicted octanol–water partition coefficient (Wildman–Crippen LogP) is 4.22. The Morgan fingerprint density at radius 1 is 1.16 bits per heavy atom.